The van der Waals surface area contributed by atoms with Gasteiger partial charge in [0.15, 0.2) is 4.80 Å². The second-order valence-electron chi connectivity index (χ2n) is 5.56. The molecular formula is C15H17BrN2OS. The summed E-state index contributed by atoms with van der Waals surface area (Å²) in [5.74, 6) is -0.110. The van der Waals surface area contributed by atoms with Gasteiger partial charge < -0.3 is 4.57 Å². The predicted molar refractivity (Wildman–Crippen MR) is 87.7 cm³/mol. The zero-order chi connectivity index (χ0) is 14.9. The number of amides is 1. The van der Waals surface area contributed by atoms with E-state index in [0.29, 0.717) is 6.54 Å². The number of hydrogen-bond donors (Lipinski definition) is 0. The molecule has 20 heavy (non-hydrogen) atoms. The summed E-state index contributed by atoms with van der Waals surface area (Å²) in [4.78, 5) is 17.1. The monoisotopic (exact) mass is 352 g/mol. The molecule has 2 rings (SSSR count). The van der Waals surface area contributed by atoms with Crippen LogP contribution in [0.25, 0.3) is 10.2 Å². The Balaban J connectivity index is 2.69. The highest BCUT2D eigenvalue weighted by Gasteiger charge is 2.21. The van der Waals surface area contributed by atoms with E-state index in [2.05, 4.69) is 27.5 Å². The van der Waals surface area contributed by atoms with Gasteiger partial charge in [-0.3, -0.25) is 4.79 Å². The third-order valence-corrected chi connectivity index (χ3v) is 4.33. The van der Waals surface area contributed by atoms with E-state index in [1.807, 2.05) is 49.6 Å². The van der Waals surface area contributed by atoms with Crippen LogP contribution in [0.3, 0.4) is 0 Å². The average Bonchev–Trinajstić information content (AvgIpc) is 2.66. The molecular weight excluding hydrogens is 336 g/mol. The molecule has 2 aromatic rings. The van der Waals surface area contributed by atoms with E-state index >= 15 is 0 Å². The number of benzene rings is 1. The Bertz CT molecular complexity index is 734. The third kappa shape index (κ3) is 3.10. The van der Waals surface area contributed by atoms with Crippen LogP contribution in [0.2, 0.25) is 0 Å². The summed E-state index contributed by atoms with van der Waals surface area (Å²) in [5.41, 5.74) is 0.599. The lowest BCUT2D eigenvalue weighted by Gasteiger charge is -2.11. The Morgan fingerprint density at radius 1 is 1.50 bits per heavy atom. The lowest BCUT2D eigenvalue weighted by molar-refractivity contribution is -0.125. The van der Waals surface area contributed by atoms with Crippen molar-refractivity contribution < 1.29 is 4.79 Å². The predicted octanol–water partition coefficient (Wildman–Crippen LogP) is 4.12. The highest BCUT2D eigenvalue weighted by molar-refractivity contribution is 9.10. The molecule has 0 radical (unpaired) electrons. The normalized spacial score (nSPS) is 12.9. The molecule has 1 aromatic carbocycles. The molecule has 0 saturated heterocycles. The molecule has 106 valence electrons. The van der Waals surface area contributed by atoms with Crippen molar-refractivity contribution in [2.75, 3.05) is 0 Å². The molecule has 0 spiro atoms. The van der Waals surface area contributed by atoms with Crippen molar-refractivity contribution in [1.82, 2.24) is 4.57 Å². The lowest BCUT2D eigenvalue weighted by Crippen LogP contribution is -2.23. The minimum atomic E-state index is -0.469. The number of rotatable bonds is 2. The van der Waals surface area contributed by atoms with Crippen molar-refractivity contribution in [3.8, 4) is 0 Å². The lowest BCUT2D eigenvalue weighted by atomic mass is 9.96. The van der Waals surface area contributed by atoms with E-state index in [0.717, 1.165) is 19.5 Å². The van der Waals surface area contributed by atoms with Gasteiger partial charge in [-0.15, -0.1) is 6.58 Å². The van der Waals surface area contributed by atoms with Crippen molar-refractivity contribution >= 4 is 43.4 Å². The van der Waals surface area contributed by atoms with E-state index in [-0.39, 0.29) is 5.91 Å². The summed E-state index contributed by atoms with van der Waals surface area (Å²) in [7, 11) is 0. The Hall–Kier alpha value is -1.20. The van der Waals surface area contributed by atoms with Gasteiger partial charge in [0.2, 0.25) is 0 Å². The van der Waals surface area contributed by atoms with Crippen LogP contribution in [-0.2, 0) is 11.3 Å². The number of halogens is 1. The second-order valence-corrected chi connectivity index (χ2v) is 7.49. The topological polar surface area (TPSA) is 34.4 Å². The Morgan fingerprint density at radius 3 is 2.80 bits per heavy atom. The molecule has 0 N–H and O–H groups in total. The van der Waals surface area contributed by atoms with Crippen LogP contribution in [0, 0.1) is 5.41 Å². The Morgan fingerprint density at radius 2 is 2.20 bits per heavy atom. The van der Waals surface area contributed by atoms with Gasteiger partial charge in [0.1, 0.15) is 0 Å². The van der Waals surface area contributed by atoms with Crippen LogP contribution >= 0.6 is 27.3 Å². The zero-order valence-electron chi connectivity index (χ0n) is 11.8. The molecule has 0 bridgehead atoms. The Kier molecular flexibility index (Phi) is 4.30. The van der Waals surface area contributed by atoms with Crippen LogP contribution in [0.15, 0.2) is 40.3 Å². The smallest absolute Gasteiger partial charge is 0.253 e. The summed E-state index contributed by atoms with van der Waals surface area (Å²) in [5, 5.41) is 0. The number of carbonyl (C=O) groups excluding carboxylic acids is 1. The maximum Gasteiger partial charge on any atom is 0.253 e. The van der Waals surface area contributed by atoms with E-state index in [1.54, 1.807) is 0 Å². The quantitative estimate of drug-likeness (QED) is 0.748. The fourth-order valence-electron chi connectivity index (χ4n) is 1.69. The minimum absolute atomic E-state index is 0.110. The van der Waals surface area contributed by atoms with Gasteiger partial charge in [0, 0.05) is 16.4 Å². The number of carbonyl (C=O) groups is 1. The fourth-order valence-corrected chi connectivity index (χ4v) is 3.28. The first kappa shape index (κ1) is 15.2. The van der Waals surface area contributed by atoms with Crippen molar-refractivity contribution in [1.29, 1.82) is 0 Å². The zero-order valence-corrected chi connectivity index (χ0v) is 14.2. The molecule has 0 fully saturated rings. The van der Waals surface area contributed by atoms with Gasteiger partial charge in [-0.2, -0.15) is 4.99 Å². The van der Waals surface area contributed by atoms with Crippen LogP contribution in [0.5, 0.6) is 0 Å². The van der Waals surface area contributed by atoms with Gasteiger partial charge in [0.05, 0.1) is 10.2 Å². The van der Waals surface area contributed by atoms with Crippen LogP contribution in [-0.4, -0.2) is 10.5 Å². The van der Waals surface area contributed by atoms with E-state index in [9.17, 15) is 4.79 Å². The average molecular weight is 353 g/mol. The summed E-state index contributed by atoms with van der Waals surface area (Å²) in [6.07, 6.45) is 1.81. The van der Waals surface area contributed by atoms with Gasteiger partial charge in [0.25, 0.3) is 5.91 Å². The number of thiazole rings is 1. The van der Waals surface area contributed by atoms with Crippen LogP contribution in [0.1, 0.15) is 20.8 Å². The van der Waals surface area contributed by atoms with Crippen LogP contribution < -0.4 is 4.80 Å². The van der Waals surface area contributed by atoms with Crippen molar-refractivity contribution in [2.24, 2.45) is 10.4 Å². The molecule has 1 aromatic heterocycles. The van der Waals surface area contributed by atoms with Gasteiger partial charge in [-0.05, 0) is 18.2 Å². The highest BCUT2D eigenvalue weighted by Crippen LogP contribution is 2.23. The number of allylic oxidation sites excluding steroid dienone is 1. The minimum Gasteiger partial charge on any atom is -0.313 e. The first-order valence-electron chi connectivity index (χ1n) is 6.32. The van der Waals surface area contributed by atoms with Crippen molar-refractivity contribution in [2.45, 2.75) is 27.3 Å². The second kappa shape index (κ2) is 5.66. The Labute approximate surface area is 130 Å². The molecule has 0 aliphatic heterocycles. The number of fused-ring (bicyclic) bond motifs is 1. The first-order valence-corrected chi connectivity index (χ1v) is 7.93. The van der Waals surface area contributed by atoms with Gasteiger partial charge in [-0.25, -0.2) is 0 Å². The molecule has 0 atom stereocenters. The van der Waals surface area contributed by atoms with Crippen LogP contribution in [0.4, 0.5) is 0 Å². The van der Waals surface area contributed by atoms with E-state index in [4.69, 9.17) is 0 Å². The maximum atomic E-state index is 12.1. The molecule has 1 amide bonds. The molecule has 0 unspecified atom stereocenters. The van der Waals surface area contributed by atoms with Crippen molar-refractivity contribution in [3.63, 3.8) is 0 Å². The summed E-state index contributed by atoms with van der Waals surface area (Å²) in [6, 6.07) is 6.06. The van der Waals surface area contributed by atoms with Crippen molar-refractivity contribution in [3.05, 3.63) is 40.1 Å². The first-order chi connectivity index (χ1) is 9.32. The van der Waals surface area contributed by atoms with E-state index in [1.165, 1.54) is 11.3 Å². The molecule has 5 heteroatoms. The number of aromatic nitrogens is 1. The summed E-state index contributed by atoms with van der Waals surface area (Å²) < 4.78 is 4.13. The SMILES string of the molecule is C=CCn1c(=NC(=O)C(C)(C)C)sc2cc(Br)ccc21. The highest BCUT2D eigenvalue weighted by atomic mass is 79.9. The molecule has 1 heterocycles. The molecule has 0 aliphatic rings. The summed E-state index contributed by atoms with van der Waals surface area (Å²) >= 11 is 4.99. The van der Waals surface area contributed by atoms with E-state index < -0.39 is 5.41 Å². The summed E-state index contributed by atoms with van der Waals surface area (Å²) in [6.45, 7) is 10.0. The molecule has 3 nitrogen and oxygen atoms in total. The fraction of sp³-hybridized carbons (Fsp3) is 0.333. The standard InChI is InChI=1S/C15H17BrN2OS/c1-5-8-18-11-7-6-10(16)9-12(11)20-14(18)17-13(19)15(2,3)4/h5-7,9H,1,8H2,2-4H3. The third-order valence-electron chi connectivity index (χ3n) is 2.80. The maximum absolute atomic E-state index is 12.1. The largest absolute Gasteiger partial charge is 0.313 e. The molecule has 0 aliphatic carbocycles. The van der Waals surface area contributed by atoms with Gasteiger partial charge >= 0.3 is 0 Å². The number of nitrogens with zero attached hydrogens (tertiary/aromatic N) is 2. The molecule has 0 saturated carbocycles. The van der Waals surface area contributed by atoms with Gasteiger partial charge in [-0.1, -0.05) is 54.1 Å². The number of hydrogen-bond acceptors (Lipinski definition) is 2.